The van der Waals surface area contributed by atoms with Crippen LogP contribution in [0.5, 0.6) is 0 Å². The molecule has 0 nitrogen and oxygen atoms in total. The largest absolute Gasteiger partial charge is 0.409 e. The van der Waals surface area contributed by atoms with Gasteiger partial charge in [-0.1, -0.05) is 25.1 Å². The van der Waals surface area contributed by atoms with Crippen LogP contribution in [0.1, 0.15) is 12.5 Å². The van der Waals surface area contributed by atoms with Gasteiger partial charge in [0, 0.05) is 11.0 Å². The molecule has 1 aromatic rings. The molecule has 0 spiro atoms. The van der Waals surface area contributed by atoms with Crippen LogP contribution in [0, 0.1) is 0 Å². The molecule has 0 radical (unpaired) electrons. The molecule has 0 bridgehead atoms. The third-order valence-corrected chi connectivity index (χ3v) is 2.51. The fraction of sp³-hybridized carbons (Fsp3) is 0.273. The van der Waals surface area contributed by atoms with Gasteiger partial charge in [-0.2, -0.15) is 13.2 Å². The van der Waals surface area contributed by atoms with E-state index in [1.165, 1.54) is 0 Å². The van der Waals surface area contributed by atoms with Gasteiger partial charge in [0.1, 0.15) is 0 Å². The lowest BCUT2D eigenvalue weighted by atomic mass is 10.2. The molecule has 0 amide bonds. The minimum Gasteiger partial charge on any atom is -0.167 e. The third kappa shape index (κ3) is 4.93. The molecule has 0 atom stereocenters. The Labute approximate surface area is 91.2 Å². The third-order valence-electron chi connectivity index (χ3n) is 1.63. The number of benzene rings is 1. The number of halogens is 3. The van der Waals surface area contributed by atoms with Gasteiger partial charge < -0.3 is 0 Å². The van der Waals surface area contributed by atoms with Crippen LogP contribution in [0.4, 0.5) is 13.2 Å². The van der Waals surface area contributed by atoms with Crippen LogP contribution >= 0.6 is 11.8 Å². The van der Waals surface area contributed by atoms with Crippen LogP contribution in [-0.4, -0.2) is 11.9 Å². The summed E-state index contributed by atoms with van der Waals surface area (Å²) in [6.07, 6.45) is -2.91. The van der Waals surface area contributed by atoms with Gasteiger partial charge in [-0.05, 0) is 23.4 Å². The Kier molecular flexibility index (Phi) is 4.27. The van der Waals surface area contributed by atoms with Crippen LogP contribution in [0.3, 0.4) is 0 Å². The van der Waals surface area contributed by atoms with Gasteiger partial charge in [-0.15, -0.1) is 11.8 Å². The van der Waals surface area contributed by atoms with Crippen molar-refractivity contribution in [3.8, 4) is 0 Å². The molecule has 4 heteroatoms. The molecule has 0 N–H and O–H groups in total. The van der Waals surface area contributed by atoms with Crippen LogP contribution in [0.2, 0.25) is 0 Å². The minimum atomic E-state index is -4.24. The normalized spacial score (nSPS) is 12.3. The summed E-state index contributed by atoms with van der Waals surface area (Å²) >= 11 is 1.61. The fourth-order valence-electron chi connectivity index (χ4n) is 1.07. The first kappa shape index (κ1) is 12.2. The zero-order valence-electron chi connectivity index (χ0n) is 8.21. The van der Waals surface area contributed by atoms with E-state index in [0.717, 1.165) is 16.7 Å². The Morgan fingerprint density at radius 1 is 1.33 bits per heavy atom. The SMILES string of the molecule is CCSc1cccc(/C=C/C(F)(F)F)c1. The number of hydrogen-bond donors (Lipinski definition) is 0. The van der Waals surface area contributed by atoms with Gasteiger partial charge in [0.25, 0.3) is 0 Å². The van der Waals surface area contributed by atoms with E-state index < -0.39 is 6.18 Å². The monoisotopic (exact) mass is 232 g/mol. The summed E-state index contributed by atoms with van der Waals surface area (Å²) in [7, 11) is 0. The molecule has 0 aromatic heterocycles. The van der Waals surface area contributed by atoms with E-state index in [0.29, 0.717) is 5.56 Å². The van der Waals surface area contributed by atoms with Gasteiger partial charge in [0.2, 0.25) is 0 Å². The second kappa shape index (κ2) is 5.26. The summed E-state index contributed by atoms with van der Waals surface area (Å²) in [6.45, 7) is 2.00. The van der Waals surface area contributed by atoms with Gasteiger partial charge in [0.05, 0.1) is 0 Å². The molecule has 0 fully saturated rings. The summed E-state index contributed by atoms with van der Waals surface area (Å²) in [5.74, 6) is 0.909. The lowest BCUT2D eigenvalue weighted by molar-refractivity contribution is -0.0790. The Morgan fingerprint density at radius 2 is 2.07 bits per heavy atom. The van der Waals surface area contributed by atoms with Crippen molar-refractivity contribution < 1.29 is 13.2 Å². The minimum absolute atomic E-state index is 0.253. The molecule has 0 unspecified atom stereocenters. The lowest BCUT2D eigenvalue weighted by Gasteiger charge is -2.01. The maximum absolute atomic E-state index is 11.9. The van der Waals surface area contributed by atoms with Gasteiger partial charge in [0.15, 0.2) is 0 Å². The molecule has 0 aliphatic rings. The molecule has 82 valence electrons. The van der Waals surface area contributed by atoms with Crippen molar-refractivity contribution in [2.24, 2.45) is 0 Å². The van der Waals surface area contributed by atoms with Gasteiger partial charge in [-0.25, -0.2) is 0 Å². The average molecular weight is 232 g/mol. The van der Waals surface area contributed by atoms with E-state index in [9.17, 15) is 13.2 Å². The van der Waals surface area contributed by atoms with Crippen molar-refractivity contribution >= 4 is 17.8 Å². The van der Waals surface area contributed by atoms with E-state index in [4.69, 9.17) is 0 Å². The summed E-state index contributed by atoms with van der Waals surface area (Å²) in [5, 5.41) is 0. The first-order valence-electron chi connectivity index (χ1n) is 4.50. The second-order valence-electron chi connectivity index (χ2n) is 2.88. The Bertz CT molecular complexity index is 342. The first-order valence-corrected chi connectivity index (χ1v) is 5.48. The molecule has 0 aliphatic carbocycles. The number of thioether (sulfide) groups is 1. The highest BCUT2D eigenvalue weighted by Crippen LogP contribution is 2.21. The maximum Gasteiger partial charge on any atom is 0.409 e. The van der Waals surface area contributed by atoms with E-state index >= 15 is 0 Å². The molecule has 15 heavy (non-hydrogen) atoms. The number of allylic oxidation sites excluding steroid dienone is 1. The van der Waals surface area contributed by atoms with E-state index in [-0.39, 0.29) is 6.08 Å². The standard InChI is InChI=1S/C11H11F3S/c1-2-15-10-5-3-4-9(8-10)6-7-11(12,13)14/h3-8H,2H2,1H3/b7-6+. The van der Waals surface area contributed by atoms with Crippen molar-refractivity contribution in [2.75, 3.05) is 5.75 Å². The maximum atomic E-state index is 11.9. The molecule has 1 rings (SSSR count). The van der Waals surface area contributed by atoms with Crippen molar-refractivity contribution in [2.45, 2.75) is 18.0 Å². The summed E-state index contributed by atoms with van der Waals surface area (Å²) < 4.78 is 35.7. The second-order valence-corrected chi connectivity index (χ2v) is 4.22. The van der Waals surface area contributed by atoms with Crippen molar-refractivity contribution in [1.82, 2.24) is 0 Å². The number of alkyl halides is 3. The highest BCUT2D eigenvalue weighted by Gasteiger charge is 2.21. The molecule has 0 saturated heterocycles. The number of rotatable bonds is 3. The van der Waals surface area contributed by atoms with Gasteiger partial charge >= 0.3 is 6.18 Å². The summed E-state index contributed by atoms with van der Waals surface area (Å²) in [5.41, 5.74) is 0.575. The molecule has 0 saturated carbocycles. The molecular formula is C11H11F3S. The topological polar surface area (TPSA) is 0 Å². The molecular weight excluding hydrogens is 221 g/mol. The lowest BCUT2D eigenvalue weighted by Crippen LogP contribution is -2.00. The fourth-order valence-corrected chi connectivity index (χ4v) is 1.79. The first-order chi connectivity index (χ1) is 7.01. The zero-order chi connectivity index (χ0) is 11.3. The smallest absolute Gasteiger partial charge is 0.167 e. The molecule has 0 heterocycles. The highest BCUT2D eigenvalue weighted by molar-refractivity contribution is 7.99. The van der Waals surface area contributed by atoms with Crippen LogP contribution in [0.25, 0.3) is 6.08 Å². The molecule has 1 aromatic carbocycles. The van der Waals surface area contributed by atoms with Gasteiger partial charge in [-0.3, -0.25) is 0 Å². The molecule has 0 aliphatic heterocycles. The van der Waals surface area contributed by atoms with E-state index in [1.54, 1.807) is 30.0 Å². The average Bonchev–Trinajstić information content (AvgIpc) is 2.15. The van der Waals surface area contributed by atoms with Crippen LogP contribution in [-0.2, 0) is 0 Å². The predicted molar refractivity (Wildman–Crippen MR) is 57.9 cm³/mol. The Morgan fingerprint density at radius 3 is 2.67 bits per heavy atom. The van der Waals surface area contributed by atoms with E-state index in [1.807, 2.05) is 13.0 Å². The zero-order valence-corrected chi connectivity index (χ0v) is 9.03. The summed E-state index contributed by atoms with van der Waals surface area (Å²) in [6, 6.07) is 7.05. The number of hydrogen-bond acceptors (Lipinski definition) is 1. The quantitative estimate of drug-likeness (QED) is 0.697. The summed E-state index contributed by atoms with van der Waals surface area (Å²) in [4.78, 5) is 0.988. The van der Waals surface area contributed by atoms with Crippen LogP contribution in [0.15, 0.2) is 35.2 Å². The van der Waals surface area contributed by atoms with Crippen molar-refractivity contribution in [1.29, 1.82) is 0 Å². The highest BCUT2D eigenvalue weighted by atomic mass is 32.2. The van der Waals surface area contributed by atoms with Crippen LogP contribution < -0.4 is 0 Å². The Hall–Kier alpha value is -0.900. The predicted octanol–water partition coefficient (Wildman–Crippen LogP) is 4.37. The van der Waals surface area contributed by atoms with E-state index in [2.05, 4.69) is 0 Å². The van der Waals surface area contributed by atoms with Crippen molar-refractivity contribution in [3.63, 3.8) is 0 Å². The Balaban J connectivity index is 2.78. The van der Waals surface area contributed by atoms with Crippen molar-refractivity contribution in [3.05, 3.63) is 35.9 Å².